The van der Waals surface area contributed by atoms with E-state index < -0.39 is 6.04 Å². The number of carbonyl (C=O) groups is 2. The Hall–Kier alpha value is -1.84. The van der Waals surface area contributed by atoms with Gasteiger partial charge in [-0.25, -0.2) is 0 Å². The monoisotopic (exact) mass is 410 g/mol. The molecule has 3 fully saturated rings. The van der Waals surface area contributed by atoms with Crippen LogP contribution in [0.4, 0.5) is 0 Å². The van der Waals surface area contributed by atoms with Gasteiger partial charge in [0.15, 0.2) is 0 Å². The van der Waals surface area contributed by atoms with Crippen LogP contribution in [0.3, 0.4) is 0 Å². The first-order valence-electron chi connectivity index (χ1n) is 12.3. The molecule has 0 aromatic heterocycles. The molecule has 0 bridgehead atoms. The van der Waals surface area contributed by atoms with E-state index in [1.165, 1.54) is 50.5 Å². The zero-order chi connectivity index (χ0) is 20.9. The number of rotatable bonds is 3. The zero-order valence-electron chi connectivity index (χ0n) is 18.7. The molecule has 2 aliphatic carbocycles. The molecule has 4 nitrogen and oxygen atoms in total. The summed E-state index contributed by atoms with van der Waals surface area (Å²) in [6.45, 7) is 2.35. The van der Waals surface area contributed by atoms with Crippen molar-refractivity contribution in [3.63, 3.8) is 0 Å². The fourth-order valence-corrected chi connectivity index (χ4v) is 5.78. The molecule has 2 saturated carbocycles. The number of nitrogens with zero attached hydrogens (tertiary/aromatic N) is 2. The minimum atomic E-state index is -0.445. The van der Waals surface area contributed by atoms with Crippen molar-refractivity contribution >= 4 is 11.8 Å². The van der Waals surface area contributed by atoms with E-state index in [9.17, 15) is 9.59 Å². The first-order chi connectivity index (χ1) is 14.6. The van der Waals surface area contributed by atoms with Gasteiger partial charge in [0.2, 0.25) is 5.91 Å². The van der Waals surface area contributed by atoms with E-state index in [0.717, 1.165) is 44.1 Å². The molecule has 0 N–H and O–H groups in total. The van der Waals surface area contributed by atoms with Crippen LogP contribution in [0.2, 0.25) is 0 Å². The highest BCUT2D eigenvalue weighted by atomic mass is 16.2. The summed E-state index contributed by atoms with van der Waals surface area (Å²) in [7, 11) is 0. The fraction of sp³-hybridized carbons (Fsp3) is 0.692. The Labute approximate surface area is 182 Å². The van der Waals surface area contributed by atoms with E-state index >= 15 is 0 Å². The average molecular weight is 411 g/mol. The van der Waals surface area contributed by atoms with Gasteiger partial charge in [0.1, 0.15) is 12.6 Å². The van der Waals surface area contributed by atoms with Crippen LogP contribution in [-0.2, 0) is 9.59 Å². The van der Waals surface area contributed by atoms with Gasteiger partial charge in [0.25, 0.3) is 5.91 Å². The number of hydrogen-bond acceptors (Lipinski definition) is 2. The number of hydrogen-bond donors (Lipinski definition) is 0. The Bertz CT molecular complexity index is 713. The Balaban J connectivity index is 1.65. The first-order valence-corrected chi connectivity index (χ1v) is 12.3. The molecule has 4 rings (SSSR count). The molecule has 1 aromatic rings. The van der Waals surface area contributed by atoms with Gasteiger partial charge in [0.05, 0.1) is 0 Å². The van der Waals surface area contributed by atoms with Crippen LogP contribution in [-0.4, -0.2) is 40.2 Å². The van der Waals surface area contributed by atoms with E-state index in [1.54, 1.807) is 0 Å². The molecular formula is C26H38N2O2. The van der Waals surface area contributed by atoms with Crippen molar-refractivity contribution in [1.29, 1.82) is 0 Å². The molecule has 0 unspecified atom stereocenters. The Morgan fingerprint density at radius 2 is 1.20 bits per heavy atom. The minimum Gasteiger partial charge on any atom is -0.328 e. The lowest BCUT2D eigenvalue weighted by Gasteiger charge is -2.47. The quantitative estimate of drug-likeness (QED) is 0.614. The molecule has 2 amide bonds. The highest BCUT2D eigenvalue weighted by Gasteiger charge is 2.45. The lowest BCUT2D eigenvalue weighted by molar-refractivity contribution is -0.162. The zero-order valence-corrected chi connectivity index (χ0v) is 18.7. The molecule has 1 atom stereocenters. The second-order valence-corrected chi connectivity index (χ2v) is 9.72. The lowest BCUT2D eigenvalue weighted by atomic mass is 9.90. The van der Waals surface area contributed by atoms with Gasteiger partial charge in [-0.15, -0.1) is 0 Å². The summed E-state index contributed by atoms with van der Waals surface area (Å²) in [4.78, 5) is 31.4. The molecule has 3 aliphatic rings. The number of piperazine rings is 1. The van der Waals surface area contributed by atoms with Crippen molar-refractivity contribution in [2.75, 3.05) is 6.54 Å². The van der Waals surface area contributed by atoms with Gasteiger partial charge in [-0.2, -0.15) is 0 Å². The topological polar surface area (TPSA) is 40.6 Å². The van der Waals surface area contributed by atoms with Gasteiger partial charge < -0.3 is 9.80 Å². The van der Waals surface area contributed by atoms with Crippen LogP contribution in [0, 0.1) is 6.92 Å². The van der Waals surface area contributed by atoms with Gasteiger partial charge >= 0.3 is 0 Å². The third-order valence-corrected chi connectivity index (χ3v) is 7.52. The highest BCUT2D eigenvalue weighted by Crippen LogP contribution is 2.36. The third kappa shape index (κ3) is 4.73. The van der Waals surface area contributed by atoms with Crippen LogP contribution in [0.25, 0.3) is 0 Å². The maximum absolute atomic E-state index is 13.9. The predicted molar refractivity (Wildman–Crippen MR) is 120 cm³/mol. The molecule has 1 heterocycles. The van der Waals surface area contributed by atoms with E-state index in [-0.39, 0.29) is 30.4 Å². The van der Waals surface area contributed by atoms with Crippen molar-refractivity contribution in [3.8, 4) is 0 Å². The lowest BCUT2D eigenvalue weighted by Crippen LogP contribution is -2.60. The summed E-state index contributed by atoms with van der Waals surface area (Å²) in [6, 6.07) is 8.28. The van der Waals surface area contributed by atoms with Crippen LogP contribution in [0.15, 0.2) is 24.3 Å². The summed E-state index contributed by atoms with van der Waals surface area (Å²) in [5.74, 6) is 0.322. The molecule has 0 spiro atoms. The van der Waals surface area contributed by atoms with Crippen LogP contribution in [0.1, 0.15) is 101 Å². The molecule has 1 aliphatic heterocycles. The predicted octanol–water partition coefficient (Wildman–Crippen LogP) is 5.54. The molecule has 0 radical (unpaired) electrons. The standard InChI is InChI=1S/C26H38N2O2/c1-20-15-17-21(18-16-20)25-26(30)27(22-11-7-5-6-8-12-22)19-24(29)28(25)23-13-9-3-2-4-10-14-23/h15-18,22-23,25H,2-14,19H2,1H3/t25-/m0/s1. The number of carbonyl (C=O) groups excluding carboxylic acids is 2. The van der Waals surface area contributed by atoms with Crippen molar-refractivity contribution in [2.24, 2.45) is 0 Å². The molecule has 164 valence electrons. The molecule has 1 saturated heterocycles. The van der Waals surface area contributed by atoms with Crippen molar-refractivity contribution in [3.05, 3.63) is 35.4 Å². The van der Waals surface area contributed by atoms with Crippen LogP contribution in [0.5, 0.6) is 0 Å². The molecule has 1 aromatic carbocycles. The van der Waals surface area contributed by atoms with Crippen LogP contribution < -0.4 is 0 Å². The summed E-state index contributed by atoms with van der Waals surface area (Å²) >= 11 is 0. The Kier molecular flexibility index (Phi) is 7.12. The summed E-state index contributed by atoms with van der Waals surface area (Å²) in [5.41, 5.74) is 2.17. The number of aryl methyl sites for hydroxylation is 1. The van der Waals surface area contributed by atoms with Gasteiger partial charge in [-0.05, 0) is 38.2 Å². The molecule has 4 heteroatoms. The maximum Gasteiger partial charge on any atom is 0.250 e. The number of benzene rings is 1. The van der Waals surface area contributed by atoms with E-state index in [4.69, 9.17) is 0 Å². The maximum atomic E-state index is 13.9. The summed E-state index contributed by atoms with van der Waals surface area (Å²) in [6.07, 6.45) is 15.1. The summed E-state index contributed by atoms with van der Waals surface area (Å²) in [5, 5.41) is 0. The second-order valence-electron chi connectivity index (χ2n) is 9.72. The van der Waals surface area contributed by atoms with Gasteiger partial charge in [-0.1, -0.05) is 87.6 Å². The normalized spacial score (nSPS) is 25.7. The minimum absolute atomic E-state index is 0.160. The SMILES string of the molecule is Cc1ccc([C@H]2C(=O)N(C3CCCCCC3)CC(=O)N2C2CCCCCCC2)cc1. The van der Waals surface area contributed by atoms with Crippen molar-refractivity contribution in [1.82, 2.24) is 9.80 Å². The molecular weight excluding hydrogens is 372 g/mol. The van der Waals surface area contributed by atoms with E-state index in [2.05, 4.69) is 31.2 Å². The Morgan fingerprint density at radius 3 is 1.77 bits per heavy atom. The van der Waals surface area contributed by atoms with Crippen molar-refractivity contribution < 1.29 is 9.59 Å². The highest BCUT2D eigenvalue weighted by molar-refractivity contribution is 5.96. The van der Waals surface area contributed by atoms with Gasteiger partial charge in [0, 0.05) is 12.1 Å². The van der Waals surface area contributed by atoms with Crippen LogP contribution >= 0.6 is 0 Å². The fourth-order valence-electron chi connectivity index (χ4n) is 5.78. The second kappa shape index (κ2) is 9.98. The third-order valence-electron chi connectivity index (χ3n) is 7.52. The molecule has 30 heavy (non-hydrogen) atoms. The number of amides is 2. The summed E-state index contributed by atoms with van der Waals surface area (Å²) < 4.78 is 0. The average Bonchev–Trinajstić information content (AvgIpc) is 3.00. The largest absolute Gasteiger partial charge is 0.328 e. The Morgan fingerprint density at radius 1 is 0.700 bits per heavy atom. The van der Waals surface area contributed by atoms with Crippen molar-refractivity contribution in [2.45, 2.75) is 109 Å². The van der Waals surface area contributed by atoms with Gasteiger partial charge in [-0.3, -0.25) is 9.59 Å². The van der Waals surface area contributed by atoms with E-state index in [1.807, 2.05) is 9.80 Å². The first kappa shape index (κ1) is 21.4. The smallest absolute Gasteiger partial charge is 0.250 e. The van der Waals surface area contributed by atoms with E-state index in [0.29, 0.717) is 0 Å².